The van der Waals surface area contributed by atoms with Crippen molar-refractivity contribution in [2.45, 2.75) is 25.6 Å². The lowest BCUT2D eigenvalue weighted by Gasteiger charge is -2.35. The largest absolute Gasteiger partial charge is 0.477 e. The van der Waals surface area contributed by atoms with Gasteiger partial charge in [-0.05, 0) is 12.5 Å². The molecule has 0 bridgehead atoms. The maximum atomic E-state index is 12.6. The SMILES string of the molecule is CCCOc1ncccc1CNC(=NC)N1CCN(S(=O)(=O)Cc2ccon2)CC1.I. The molecule has 0 saturated carbocycles. The first kappa shape index (κ1) is 25.3. The van der Waals surface area contributed by atoms with E-state index in [1.165, 1.54) is 10.6 Å². The average Bonchev–Trinajstić information content (AvgIpc) is 3.26. The van der Waals surface area contributed by atoms with Crippen LogP contribution in [0.15, 0.2) is 40.2 Å². The molecule has 0 aromatic carbocycles. The fourth-order valence-corrected chi connectivity index (χ4v) is 4.59. The Kier molecular flexibility index (Phi) is 9.96. The zero-order valence-corrected chi connectivity index (χ0v) is 20.9. The summed E-state index contributed by atoms with van der Waals surface area (Å²) in [7, 11) is -1.72. The predicted molar refractivity (Wildman–Crippen MR) is 128 cm³/mol. The highest BCUT2D eigenvalue weighted by molar-refractivity contribution is 14.0. The van der Waals surface area contributed by atoms with Gasteiger partial charge in [-0.1, -0.05) is 18.1 Å². The first-order valence-corrected chi connectivity index (χ1v) is 11.5. The molecule has 31 heavy (non-hydrogen) atoms. The van der Waals surface area contributed by atoms with Gasteiger partial charge in [0.15, 0.2) is 5.96 Å². The quantitative estimate of drug-likeness (QED) is 0.293. The highest BCUT2D eigenvalue weighted by Crippen LogP contribution is 2.15. The number of hydrogen-bond donors (Lipinski definition) is 1. The molecular formula is C19H29IN6O4S. The van der Waals surface area contributed by atoms with Crippen molar-refractivity contribution in [3.8, 4) is 5.88 Å². The number of halogens is 1. The number of rotatable bonds is 8. The van der Waals surface area contributed by atoms with E-state index in [4.69, 9.17) is 9.26 Å². The summed E-state index contributed by atoms with van der Waals surface area (Å²) in [5, 5.41) is 7.02. The Hall–Kier alpha value is -1.93. The molecule has 1 saturated heterocycles. The molecule has 3 heterocycles. The fourth-order valence-electron chi connectivity index (χ4n) is 3.16. The Balaban J connectivity index is 0.00000341. The minimum atomic E-state index is -3.43. The van der Waals surface area contributed by atoms with Gasteiger partial charge in [-0.3, -0.25) is 4.99 Å². The lowest BCUT2D eigenvalue weighted by atomic mass is 10.2. The average molecular weight is 564 g/mol. The lowest BCUT2D eigenvalue weighted by molar-refractivity contribution is 0.259. The van der Waals surface area contributed by atoms with Gasteiger partial charge in [0.25, 0.3) is 0 Å². The van der Waals surface area contributed by atoms with E-state index < -0.39 is 10.0 Å². The maximum Gasteiger partial charge on any atom is 0.220 e. The number of aliphatic imine (C=N–C) groups is 1. The second kappa shape index (κ2) is 12.2. The molecule has 172 valence electrons. The van der Waals surface area contributed by atoms with Gasteiger partial charge in [0, 0.05) is 57.6 Å². The van der Waals surface area contributed by atoms with Crippen LogP contribution in [0.3, 0.4) is 0 Å². The van der Waals surface area contributed by atoms with E-state index >= 15 is 0 Å². The third-order valence-corrected chi connectivity index (χ3v) is 6.51. The summed E-state index contributed by atoms with van der Waals surface area (Å²) >= 11 is 0. The number of guanidine groups is 1. The summed E-state index contributed by atoms with van der Waals surface area (Å²) in [5.41, 5.74) is 1.35. The summed E-state index contributed by atoms with van der Waals surface area (Å²) in [4.78, 5) is 10.7. The molecule has 12 heteroatoms. The van der Waals surface area contributed by atoms with Gasteiger partial charge in [0.2, 0.25) is 15.9 Å². The molecule has 1 N–H and O–H groups in total. The van der Waals surface area contributed by atoms with Crippen LogP contribution in [0.25, 0.3) is 0 Å². The zero-order valence-electron chi connectivity index (χ0n) is 17.7. The van der Waals surface area contributed by atoms with Crippen molar-refractivity contribution in [1.29, 1.82) is 0 Å². The van der Waals surface area contributed by atoms with E-state index in [-0.39, 0.29) is 29.7 Å². The minimum absolute atomic E-state index is 0. The Labute approximate surface area is 200 Å². The Morgan fingerprint density at radius 3 is 2.71 bits per heavy atom. The Morgan fingerprint density at radius 2 is 2.06 bits per heavy atom. The Morgan fingerprint density at radius 1 is 1.29 bits per heavy atom. The molecule has 1 fully saturated rings. The second-order valence-corrected chi connectivity index (χ2v) is 8.82. The fraction of sp³-hybridized carbons (Fsp3) is 0.526. The molecule has 0 unspecified atom stereocenters. The number of nitrogens with zero attached hydrogens (tertiary/aromatic N) is 5. The predicted octanol–water partition coefficient (Wildman–Crippen LogP) is 1.70. The third-order valence-electron chi connectivity index (χ3n) is 4.69. The smallest absolute Gasteiger partial charge is 0.220 e. The summed E-state index contributed by atoms with van der Waals surface area (Å²) in [6, 6.07) is 5.40. The van der Waals surface area contributed by atoms with E-state index in [2.05, 4.69) is 20.4 Å². The number of piperazine rings is 1. The first-order chi connectivity index (χ1) is 14.5. The van der Waals surface area contributed by atoms with Crippen molar-refractivity contribution in [3.63, 3.8) is 0 Å². The van der Waals surface area contributed by atoms with Crippen LogP contribution in [0, 0.1) is 0 Å². The van der Waals surface area contributed by atoms with E-state index in [9.17, 15) is 8.42 Å². The van der Waals surface area contributed by atoms with E-state index in [1.807, 2.05) is 24.0 Å². The molecule has 0 atom stereocenters. The summed E-state index contributed by atoms with van der Waals surface area (Å²) in [6.45, 7) is 5.05. The highest BCUT2D eigenvalue weighted by atomic mass is 127. The number of hydrogen-bond acceptors (Lipinski definition) is 7. The molecule has 2 aromatic rings. The van der Waals surface area contributed by atoms with Crippen molar-refractivity contribution < 1.29 is 17.7 Å². The molecule has 0 radical (unpaired) electrons. The van der Waals surface area contributed by atoms with Crippen LogP contribution in [-0.4, -0.2) is 73.6 Å². The summed E-state index contributed by atoms with van der Waals surface area (Å²) in [5.74, 6) is 1.18. The minimum Gasteiger partial charge on any atom is -0.477 e. The van der Waals surface area contributed by atoms with Crippen molar-refractivity contribution in [3.05, 3.63) is 41.9 Å². The van der Waals surface area contributed by atoms with E-state index in [0.717, 1.165) is 12.0 Å². The van der Waals surface area contributed by atoms with Crippen LogP contribution in [0.4, 0.5) is 0 Å². The Bertz CT molecular complexity index is 931. The van der Waals surface area contributed by atoms with Gasteiger partial charge in [-0.15, -0.1) is 24.0 Å². The van der Waals surface area contributed by atoms with E-state index in [0.29, 0.717) is 56.9 Å². The highest BCUT2D eigenvalue weighted by Gasteiger charge is 2.29. The molecule has 2 aromatic heterocycles. The van der Waals surface area contributed by atoms with Crippen LogP contribution in [0.2, 0.25) is 0 Å². The molecule has 1 aliphatic heterocycles. The monoisotopic (exact) mass is 564 g/mol. The molecular weight excluding hydrogens is 535 g/mol. The van der Waals surface area contributed by atoms with Crippen LogP contribution in [-0.2, 0) is 22.3 Å². The van der Waals surface area contributed by atoms with Crippen LogP contribution in [0.1, 0.15) is 24.6 Å². The molecule has 10 nitrogen and oxygen atoms in total. The summed E-state index contributed by atoms with van der Waals surface area (Å²) in [6.07, 6.45) is 4.00. The summed E-state index contributed by atoms with van der Waals surface area (Å²) < 4.78 is 37.1. The van der Waals surface area contributed by atoms with Crippen molar-refractivity contribution >= 4 is 40.0 Å². The van der Waals surface area contributed by atoms with Gasteiger partial charge in [0.05, 0.1) is 12.3 Å². The number of pyridine rings is 1. The first-order valence-electron chi connectivity index (χ1n) is 9.93. The van der Waals surface area contributed by atoms with Gasteiger partial charge in [-0.25, -0.2) is 13.4 Å². The van der Waals surface area contributed by atoms with Gasteiger partial charge in [-0.2, -0.15) is 4.31 Å². The molecule has 0 amide bonds. The lowest BCUT2D eigenvalue weighted by Crippen LogP contribution is -2.53. The number of aromatic nitrogens is 2. The van der Waals surface area contributed by atoms with Gasteiger partial charge in [0.1, 0.15) is 12.0 Å². The van der Waals surface area contributed by atoms with Crippen molar-refractivity contribution in [2.24, 2.45) is 4.99 Å². The number of ether oxygens (including phenoxy) is 1. The standard InChI is InChI=1S/C19H28N6O4S.HI/c1-3-12-28-18-16(5-4-7-21-18)14-22-19(20-2)24-8-10-25(11-9-24)30(26,27)15-17-6-13-29-23-17;/h4-7,13H,3,8-12,14-15H2,1-2H3,(H,20,22);1H. The zero-order chi connectivity index (χ0) is 21.4. The second-order valence-electron chi connectivity index (χ2n) is 6.85. The molecule has 0 aliphatic carbocycles. The topological polar surface area (TPSA) is 113 Å². The molecule has 0 spiro atoms. The van der Waals surface area contributed by atoms with Crippen molar-refractivity contribution in [1.82, 2.24) is 24.7 Å². The van der Waals surface area contributed by atoms with E-state index in [1.54, 1.807) is 19.3 Å². The number of sulfonamides is 1. The van der Waals surface area contributed by atoms with Gasteiger partial charge >= 0.3 is 0 Å². The third kappa shape index (κ3) is 7.04. The maximum absolute atomic E-state index is 12.6. The molecule has 1 aliphatic rings. The normalized spacial score (nSPS) is 15.4. The van der Waals surface area contributed by atoms with Gasteiger partial charge < -0.3 is 19.5 Å². The number of nitrogens with one attached hydrogen (secondary N) is 1. The van der Waals surface area contributed by atoms with Crippen LogP contribution >= 0.6 is 24.0 Å². The molecule has 3 rings (SSSR count). The van der Waals surface area contributed by atoms with Crippen molar-refractivity contribution in [2.75, 3.05) is 39.8 Å². The van der Waals surface area contributed by atoms with Crippen LogP contribution in [0.5, 0.6) is 5.88 Å². The van der Waals surface area contributed by atoms with Crippen LogP contribution < -0.4 is 10.1 Å².